The molecule has 148 valence electrons. The second-order valence-electron chi connectivity index (χ2n) is 7.11. The quantitative estimate of drug-likeness (QED) is 0.637. The van der Waals surface area contributed by atoms with Gasteiger partial charge < -0.3 is 10.6 Å². The van der Waals surface area contributed by atoms with Crippen molar-refractivity contribution >= 4 is 34.8 Å². The van der Waals surface area contributed by atoms with Crippen molar-refractivity contribution in [3.63, 3.8) is 0 Å². The number of carbonyl (C=O) groups excluding carboxylic acids is 2. The fraction of sp³-hybridized carbons (Fsp3) is 0.333. The minimum Gasteiger partial charge on any atom is -0.326 e. The Labute approximate surface area is 168 Å². The predicted molar refractivity (Wildman–Crippen MR) is 109 cm³/mol. The van der Waals surface area contributed by atoms with Crippen LogP contribution < -0.4 is 16.0 Å². The third-order valence-electron chi connectivity index (χ3n) is 4.71. The fourth-order valence-electron chi connectivity index (χ4n) is 2.82. The molecule has 2 aromatic rings. The first-order chi connectivity index (χ1) is 13.3. The maximum atomic E-state index is 13.1. The van der Waals surface area contributed by atoms with Crippen molar-refractivity contribution in [2.24, 2.45) is 5.92 Å². The Morgan fingerprint density at radius 3 is 2.36 bits per heavy atom. The van der Waals surface area contributed by atoms with Gasteiger partial charge in [0.1, 0.15) is 5.82 Å². The van der Waals surface area contributed by atoms with Gasteiger partial charge in [0.15, 0.2) is 0 Å². The van der Waals surface area contributed by atoms with Gasteiger partial charge in [-0.25, -0.2) is 4.39 Å². The predicted octanol–water partition coefficient (Wildman–Crippen LogP) is 4.51. The van der Waals surface area contributed by atoms with Crippen LogP contribution in [0.2, 0.25) is 5.02 Å². The summed E-state index contributed by atoms with van der Waals surface area (Å²) in [7, 11) is 0. The van der Waals surface area contributed by atoms with E-state index in [9.17, 15) is 14.0 Å². The van der Waals surface area contributed by atoms with Gasteiger partial charge in [0, 0.05) is 17.6 Å². The largest absolute Gasteiger partial charge is 0.326 e. The van der Waals surface area contributed by atoms with Crippen molar-refractivity contribution in [1.82, 2.24) is 5.32 Å². The molecule has 1 saturated carbocycles. The normalized spacial score (nSPS) is 15.6. The summed E-state index contributed by atoms with van der Waals surface area (Å²) in [6.07, 6.45) is 1.93. The van der Waals surface area contributed by atoms with Crippen molar-refractivity contribution in [1.29, 1.82) is 0 Å². The third-order valence-corrected chi connectivity index (χ3v) is 5.02. The molecular weight excluding hydrogens is 381 g/mol. The molecule has 0 unspecified atom stereocenters. The van der Waals surface area contributed by atoms with Crippen LogP contribution in [0, 0.1) is 11.7 Å². The van der Waals surface area contributed by atoms with E-state index < -0.39 is 11.9 Å². The third kappa shape index (κ3) is 5.30. The van der Waals surface area contributed by atoms with E-state index in [2.05, 4.69) is 16.0 Å². The number of nitrogens with one attached hydrogen (secondary N) is 3. The maximum absolute atomic E-state index is 13.1. The molecule has 2 atom stereocenters. The van der Waals surface area contributed by atoms with Gasteiger partial charge in [-0.2, -0.15) is 0 Å². The molecule has 1 aliphatic carbocycles. The first kappa shape index (κ1) is 20.3. The van der Waals surface area contributed by atoms with Gasteiger partial charge in [-0.15, -0.1) is 0 Å². The van der Waals surface area contributed by atoms with Crippen LogP contribution in [-0.4, -0.2) is 17.9 Å². The Bertz CT molecular complexity index is 868. The fourth-order valence-corrected chi connectivity index (χ4v) is 3.04. The Morgan fingerprint density at radius 2 is 1.75 bits per heavy atom. The molecule has 1 fully saturated rings. The molecule has 0 bridgehead atoms. The van der Waals surface area contributed by atoms with Gasteiger partial charge in [0.2, 0.25) is 11.8 Å². The van der Waals surface area contributed by atoms with Gasteiger partial charge in [0.25, 0.3) is 0 Å². The molecule has 0 saturated heterocycles. The van der Waals surface area contributed by atoms with Crippen molar-refractivity contribution in [3.8, 4) is 0 Å². The molecule has 3 N–H and O–H groups in total. The second-order valence-corrected chi connectivity index (χ2v) is 7.52. The molecule has 0 aromatic heterocycles. The lowest BCUT2D eigenvalue weighted by molar-refractivity contribution is -0.118. The summed E-state index contributed by atoms with van der Waals surface area (Å²) in [5, 5.41) is 8.97. The summed E-state index contributed by atoms with van der Waals surface area (Å²) < 4.78 is 13.1. The molecule has 3 rings (SSSR count). The van der Waals surface area contributed by atoms with Crippen LogP contribution >= 0.6 is 11.6 Å². The van der Waals surface area contributed by atoms with Crippen molar-refractivity contribution < 1.29 is 14.0 Å². The average Bonchev–Trinajstić information content (AvgIpc) is 3.49. The molecule has 2 amide bonds. The van der Waals surface area contributed by atoms with Crippen LogP contribution in [0.15, 0.2) is 42.5 Å². The molecule has 0 spiro atoms. The van der Waals surface area contributed by atoms with Gasteiger partial charge >= 0.3 is 0 Å². The summed E-state index contributed by atoms with van der Waals surface area (Å²) >= 11 is 5.95. The zero-order valence-electron chi connectivity index (χ0n) is 15.8. The molecule has 5 nitrogen and oxygen atoms in total. The van der Waals surface area contributed by atoms with Crippen LogP contribution in [0.4, 0.5) is 15.8 Å². The van der Waals surface area contributed by atoms with Gasteiger partial charge in [0.05, 0.1) is 16.8 Å². The molecule has 1 aliphatic rings. The molecular formula is C21H23ClFN3O2. The first-order valence-corrected chi connectivity index (χ1v) is 9.64. The van der Waals surface area contributed by atoms with Crippen LogP contribution in [0.3, 0.4) is 0 Å². The topological polar surface area (TPSA) is 70.2 Å². The highest BCUT2D eigenvalue weighted by atomic mass is 35.5. The minimum absolute atomic E-state index is 0.0728. The van der Waals surface area contributed by atoms with Gasteiger partial charge in [-0.1, -0.05) is 23.7 Å². The highest BCUT2D eigenvalue weighted by molar-refractivity contribution is 6.33. The van der Waals surface area contributed by atoms with Crippen LogP contribution in [0.1, 0.15) is 38.3 Å². The molecule has 0 aliphatic heterocycles. The van der Waals surface area contributed by atoms with Crippen molar-refractivity contribution in [2.45, 2.75) is 38.8 Å². The number of benzene rings is 2. The van der Waals surface area contributed by atoms with Crippen LogP contribution in [0.5, 0.6) is 0 Å². The number of hydrogen-bond donors (Lipinski definition) is 3. The van der Waals surface area contributed by atoms with E-state index in [0.29, 0.717) is 5.69 Å². The monoisotopic (exact) mass is 403 g/mol. The number of halogens is 2. The number of anilines is 2. The highest BCUT2D eigenvalue weighted by Crippen LogP contribution is 2.30. The molecule has 28 heavy (non-hydrogen) atoms. The number of amides is 2. The molecule has 2 aromatic carbocycles. The lowest BCUT2D eigenvalue weighted by Gasteiger charge is -2.20. The van der Waals surface area contributed by atoms with E-state index in [4.69, 9.17) is 11.6 Å². The van der Waals surface area contributed by atoms with E-state index in [-0.39, 0.29) is 28.8 Å². The lowest BCUT2D eigenvalue weighted by Crippen LogP contribution is -2.39. The second kappa shape index (κ2) is 8.71. The van der Waals surface area contributed by atoms with E-state index in [1.807, 2.05) is 31.2 Å². The summed E-state index contributed by atoms with van der Waals surface area (Å²) in [6.45, 7) is 3.69. The summed E-state index contributed by atoms with van der Waals surface area (Å²) in [6, 6.07) is 10.8. The van der Waals surface area contributed by atoms with Crippen molar-refractivity contribution in [3.05, 3.63) is 58.9 Å². The van der Waals surface area contributed by atoms with Gasteiger partial charge in [-0.3, -0.25) is 14.9 Å². The highest BCUT2D eigenvalue weighted by Gasteiger charge is 2.29. The average molecular weight is 404 g/mol. The van der Waals surface area contributed by atoms with E-state index >= 15 is 0 Å². The number of carbonyl (C=O) groups is 2. The van der Waals surface area contributed by atoms with E-state index in [1.165, 1.54) is 12.1 Å². The number of hydrogen-bond acceptors (Lipinski definition) is 3. The van der Waals surface area contributed by atoms with E-state index in [0.717, 1.165) is 30.2 Å². The van der Waals surface area contributed by atoms with Crippen LogP contribution in [0.25, 0.3) is 0 Å². The first-order valence-electron chi connectivity index (χ1n) is 9.26. The zero-order chi connectivity index (χ0) is 20.3. The van der Waals surface area contributed by atoms with E-state index in [1.54, 1.807) is 6.92 Å². The summed E-state index contributed by atoms with van der Waals surface area (Å²) in [5.41, 5.74) is 2.12. The molecule has 7 heteroatoms. The molecule has 0 radical (unpaired) electrons. The minimum atomic E-state index is -0.495. The van der Waals surface area contributed by atoms with Crippen LogP contribution in [-0.2, 0) is 9.59 Å². The smallest absolute Gasteiger partial charge is 0.241 e. The zero-order valence-corrected chi connectivity index (χ0v) is 16.5. The summed E-state index contributed by atoms with van der Waals surface area (Å²) in [5.74, 6) is -0.494. The summed E-state index contributed by atoms with van der Waals surface area (Å²) in [4.78, 5) is 24.2. The standard InChI is InChI=1S/C21H23ClFN3O2/c1-12(14-5-8-17(9-6-14)25-21(28)15-3-4-15)24-13(2)20(27)26-19-10-7-16(23)11-18(19)22/h5-13,15,24H,3-4H2,1-2H3,(H,25,28)(H,26,27)/t12-,13+/m1/s1. The SMILES string of the molecule is C[C@H](N[C@H](C)c1ccc(NC(=O)C2CC2)cc1)C(=O)Nc1ccc(F)cc1Cl. The molecule has 0 heterocycles. The van der Waals surface area contributed by atoms with Crippen molar-refractivity contribution in [2.75, 3.05) is 10.6 Å². The Kier molecular flexibility index (Phi) is 6.31. The van der Waals surface area contributed by atoms with Gasteiger partial charge in [-0.05, 0) is 62.6 Å². The Morgan fingerprint density at radius 1 is 1.07 bits per heavy atom. The lowest BCUT2D eigenvalue weighted by atomic mass is 10.1. The Balaban J connectivity index is 1.54. The number of rotatable bonds is 7. The Hall–Kier alpha value is -2.44. The maximum Gasteiger partial charge on any atom is 0.241 e.